The fourth-order valence-corrected chi connectivity index (χ4v) is 5.81. The third-order valence-corrected chi connectivity index (χ3v) is 8.44. The number of carbonyl (C=O) groups excluding carboxylic acids is 1. The molecule has 0 spiro atoms. The number of aromatic nitrogens is 3. The van der Waals surface area contributed by atoms with Gasteiger partial charge in [0.05, 0.1) is 24.4 Å². The van der Waals surface area contributed by atoms with Crippen LogP contribution in [0.4, 0.5) is 16.2 Å². The Bertz CT molecular complexity index is 1780. The van der Waals surface area contributed by atoms with Crippen molar-refractivity contribution in [3.8, 4) is 17.2 Å². The van der Waals surface area contributed by atoms with Crippen molar-refractivity contribution in [1.82, 2.24) is 14.3 Å². The van der Waals surface area contributed by atoms with Gasteiger partial charge in [0.25, 0.3) is 0 Å². The van der Waals surface area contributed by atoms with Crippen molar-refractivity contribution in [2.75, 3.05) is 36.0 Å². The minimum Gasteiger partial charge on any atom is -0.395 e. The molecular formula is C37H39N5O5. The van der Waals surface area contributed by atoms with Crippen LogP contribution in [0.1, 0.15) is 31.9 Å². The molecule has 2 atom stereocenters. The topological polar surface area (TPSA) is 91.1 Å². The molecule has 0 bridgehead atoms. The summed E-state index contributed by atoms with van der Waals surface area (Å²) in [7, 11) is 0. The predicted octanol–water partition coefficient (Wildman–Crippen LogP) is 6.49. The van der Waals surface area contributed by atoms with Gasteiger partial charge >= 0.3 is 11.8 Å². The van der Waals surface area contributed by atoms with Gasteiger partial charge in [-0.15, -0.1) is 0 Å². The maximum absolute atomic E-state index is 13.4. The van der Waals surface area contributed by atoms with Crippen LogP contribution in [0.5, 0.6) is 11.5 Å². The van der Waals surface area contributed by atoms with Crippen molar-refractivity contribution in [1.29, 1.82) is 0 Å². The smallest absolute Gasteiger partial charge is 0.395 e. The van der Waals surface area contributed by atoms with Crippen molar-refractivity contribution in [2.45, 2.75) is 39.0 Å². The van der Waals surface area contributed by atoms with Gasteiger partial charge in [0.15, 0.2) is 0 Å². The molecule has 0 unspecified atom stereocenters. The highest BCUT2D eigenvalue weighted by atomic mass is 16.7. The second-order valence-electron chi connectivity index (χ2n) is 11.5. The molecule has 1 saturated heterocycles. The highest BCUT2D eigenvalue weighted by molar-refractivity contribution is 5.67. The van der Waals surface area contributed by atoms with Gasteiger partial charge in [0.1, 0.15) is 17.8 Å². The van der Waals surface area contributed by atoms with E-state index in [0.717, 1.165) is 55.2 Å². The summed E-state index contributed by atoms with van der Waals surface area (Å²) >= 11 is 0. The SMILES string of the molecule is CC[C@@H]([C@H](C)OCc1ccccc1)n1ncn(-c2ccc(N3CCN(c4ccc(OC(=O)Oc5ccccc5)cc4)CC3)cc2)c1=O. The number of piperazine rings is 1. The molecule has 0 N–H and O–H groups in total. The average molecular weight is 634 g/mol. The van der Waals surface area contributed by atoms with Crippen molar-refractivity contribution in [3.63, 3.8) is 0 Å². The number of hydrogen-bond donors (Lipinski definition) is 0. The molecule has 1 aliphatic rings. The quantitative estimate of drug-likeness (QED) is 0.120. The molecular weight excluding hydrogens is 594 g/mol. The van der Waals surface area contributed by atoms with E-state index in [0.29, 0.717) is 18.1 Å². The molecule has 0 radical (unpaired) electrons. The Morgan fingerprint density at radius 3 is 1.81 bits per heavy atom. The summed E-state index contributed by atoms with van der Waals surface area (Å²) in [6, 6.07) is 34.2. The van der Waals surface area contributed by atoms with Crippen molar-refractivity contribution >= 4 is 17.5 Å². The minimum atomic E-state index is -0.772. The number of carbonyl (C=O) groups is 1. The highest BCUT2D eigenvalue weighted by Gasteiger charge is 2.23. The van der Waals surface area contributed by atoms with Gasteiger partial charge in [-0.3, -0.25) is 0 Å². The summed E-state index contributed by atoms with van der Waals surface area (Å²) in [4.78, 5) is 30.2. The first kappa shape index (κ1) is 31.6. The first-order chi connectivity index (χ1) is 23.0. The lowest BCUT2D eigenvalue weighted by Crippen LogP contribution is -2.46. The lowest BCUT2D eigenvalue weighted by atomic mass is 10.1. The maximum Gasteiger partial charge on any atom is 0.519 e. The first-order valence-electron chi connectivity index (χ1n) is 16.0. The Morgan fingerprint density at radius 2 is 1.23 bits per heavy atom. The second kappa shape index (κ2) is 14.8. The molecule has 10 heteroatoms. The van der Waals surface area contributed by atoms with E-state index >= 15 is 0 Å². The molecule has 4 aromatic carbocycles. The van der Waals surface area contributed by atoms with Crippen LogP contribution >= 0.6 is 0 Å². The van der Waals surface area contributed by atoms with E-state index in [1.807, 2.05) is 74.5 Å². The normalized spacial score (nSPS) is 14.4. The zero-order chi connectivity index (χ0) is 32.6. The predicted molar refractivity (Wildman–Crippen MR) is 182 cm³/mol. The third kappa shape index (κ3) is 7.73. The van der Waals surface area contributed by atoms with E-state index < -0.39 is 6.16 Å². The second-order valence-corrected chi connectivity index (χ2v) is 11.5. The summed E-state index contributed by atoms with van der Waals surface area (Å²) in [6.07, 6.45) is 1.35. The van der Waals surface area contributed by atoms with E-state index in [1.54, 1.807) is 47.3 Å². The molecule has 1 fully saturated rings. The molecule has 0 amide bonds. The Balaban J connectivity index is 1.02. The largest absolute Gasteiger partial charge is 0.519 e. The standard InChI is InChI=1S/C37H39N5O5/c1-3-35(28(2)45-26-29-10-6-4-7-11-29)42-36(43)41(27-38-42)32-16-14-30(15-17-32)39-22-24-40(25-23-39)31-18-20-34(21-19-31)47-37(44)46-33-12-8-5-9-13-33/h4-21,27-28,35H,3,22-26H2,1-2H3/t28-,35-/m0/s1. The fraction of sp³-hybridized carbons (Fsp3) is 0.270. The zero-order valence-electron chi connectivity index (χ0n) is 26.6. The van der Waals surface area contributed by atoms with Crippen LogP contribution in [0.2, 0.25) is 0 Å². The lowest BCUT2D eigenvalue weighted by molar-refractivity contribution is 0.0117. The Morgan fingerprint density at radius 1 is 0.723 bits per heavy atom. The van der Waals surface area contributed by atoms with Gasteiger partial charge in [-0.25, -0.2) is 18.8 Å². The van der Waals surface area contributed by atoms with Crippen LogP contribution < -0.4 is 25.0 Å². The van der Waals surface area contributed by atoms with Gasteiger partial charge in [0, 0.05) is 37.6 Å². The number of hydrogen-bond acceptors (Lipinski definition) is 8. The number of ether oxygens (including phenoxy) is 3. The zero-order valence-corrected chi connectivity index (χ0v) is 26.6. The van der Waals surface area contributed by atoms with Gasteiger partial charge in [0.2, 0.25) is 0 Å². The summed E-state index contributed by atoms with van der Waals surface area (Å²) in [5.74, 6) is 0.858. The van der Waals surface area contributed by atoms with Crippen LogP contribution in [-0.4, -0.2) is 52.8 Å². The third-order valence-electron chi connectivity index (χ3n) is 8.44. The van der Waals surface area contributed by atoms with E-state index in [2.05, 4.69) is 27.0 Å². The Labute approximate surface area is 274 Å². The van der Waals surface area contributed by atoms with Gasteiger partial charge in [-0.05, 0) is 79.6 Å². The Kier molecular flexibility index (Phi) is 9.98. The van der Waals surface area contributed by atoms with Crippen LogP contribution in [0.15, 0.2) is 120 Å². The molecule has 1 aliphatic heterocycles. The number of para-hydroxylation sites is 1. The van der Waals surface area contributed by atoms with Crippen LogP contribution in [0.25, 0.3) is 5.69 Å². The van der Waals surface area contributed by atoms with E-state index in [9.17, 15) is 9.59 Å². The van der Waals surface area contributed by atoms with Gasteiger partial charge in [-0.2, -0.15) is 5.10 Å². The van der Waals surface area contributed by atoms with E-state index in [4.69, 9.17) is 14.2 Å². The Hall–Kier alpha value is -5.35. The number of rotatable bonds is 11. The minimum absolute atomic E-state index is 0.178. The van der Waals surface area contributed by atoms with Crippen molar-refractivity contribution < 1.29 is 19.0 Å². The van der Waals surface area contributed by atoms with Crippen LogP contribution in [0, 0.1) is 0 Å². The van der Waals surface area contributed by atoms with Crippen molar-refractivity contribution in [3.05, 3.63) is 132 Å². The molecule has 1 aromatic heterocycles. The molecule has 242 valence electrons. The van der Waals surface area contributed by atoms with Crippen molar-refractivity contribution in [2.24, 2.45) is 0 Å². The molecule has 5 aromatic rings. The van der Waals surface area contributed by atoms with Gasteiger partial charge < -0.3 is 24.0 Å². The number of benzene rings is 4. The number of nitrogens with zero attached hydrogens (tertiary/aromatic N) is 5. The number of anilines is 2. The summed E-state index contributed by atoms with van der Waals surface area (Å²) < 4.78 is 19.8. The summed E-state index contributed by atoms with van der Waals surface area (Å²) in [5.41, 5.74) is 3.84. The molecule has 47 heavy (non-hydrogen) atoms. The van der Waals surface area contributed by atoms with Gasteiger partial charge in [-0.1, -0.05) is 55.5 Å². The molecule has 0 aliphatic carbocycles. The maximum atomic E-state index is 13.4. The van der Waals surface area contributed by atoms with Crippen LogP contribution in [0.3, 0.4) is 0 Å². The summed E-state index contributed by atoms with van der Waals surface area (Å²) in [6.45, 7) is 7.89. The van der Waals surface area contributed by atoms with Crippen LogP contribution in [-0.2, 0) is 11.3 Å². The average Bonchev–Trinajstić information content (AvgIpc) is 3.49. The first-order valence-corrected chi connectivity index (χ1v) is 16.0. The fourth-order valence-electron chi connectivity index (χ4n) is 5.81. The highest BCUT2D eigenvalue weighted by Crippen LogP contribution is 2.25. The molecule has 6 rings (SSSR count). The monoisotopic (exact) mass is 633 g/mol. The molecule has 10 nitrogen and oxygen atoms in total. The van der Waals surface area contributed by atoms with E-state index in [-0.39, 0.29) is 17.8 Å². The van der Waals surface area contributed by atoms with E-state index in [1.165, 1.54) is 4.68 Å². The molecule has 0 saturated carbocycles. The summed E-state index contributed by atoms with van der Waals surface area (Å²) in [5, 5.41) is 4.47. The lowest BCUT2D eigenvalue weighted by Gasteiger charge is -2.37. The molecule has 2 heterocycles.